The van der Waals surface area contributed by atoms with E-state index in [2.05, 4.69) is 26.7 Å². The second kappa shape index (κ2) is 6.06. The molecule has 0 spiro atoms. The van der Waals surface area contributed by atoms with E-state index in [-0.39, 0.29) is 6.04 Å². The third kappa shape index (κ3) is 2.79. The van der Waals surface area contributed by atoms with Crippen LogP contribution in [-0.4, -0.2) is 20.0 Å². The van der Waals surface area contributed by atoms with Gasteiger partial charge >= 0.3 is 0 Å². The minimum absolute atomic E-state index is 0.112. The van der Waals surface area contributed by atoms with Crippen LogP contribution in [0.3, 0.4) is 0 Å². The average Bonchev–Trinajstić information content (AvgIpc) is 3.06. The average molecular weight is 290 g/mol. The Hall–Kier alpha value is -3.20. The number of anilines is 1. The normalized spacial score (nSPS) is 11.6. The van der Waals surface area contributed by atoms with Gasteiger partial charge in [0.2, 0.25) is 0 Å². The first kappa shape index (κ1) is 13.8. The fourth-order valence-corrected chi connectivity index (χ4v) is 2.07. The van der Waals surface area contributed by atoms with Gasteiger partial charge in [0.1, 0.15) is 17.6 Å². The van der Waals surface area contributed by atoms with Gasteiger partial charge in [0.15, 0.2) is 0 Å². The highest BCUT2D eigenvalue weighted by molar-refractivity contribution is 5.52. The Labute approximate surface area is 128 Å². The van der Waals surface area contributed by atoms with E-state index in [1.54, 1.807) is 23.0 Å². The number of nitrogens with one attached hydrogen (secondary N) is 1. The van der Waals surface area contributed by atoms with Crippen LogP contribution in [-0.2, 0) is 0 Å². The number of nitriles is 1. The summed E-state index contributed by atoms with van der Waals surface area (Å²) in [6.45, 7) is 1.95. The monoisotopic (exact) mass is 290 g/mol. The molecule has 0 bridgehead atoms. The lowest BCUT2D eigenvalue weighted by atomic mass is 10.2. The Kier molecular flexibility index (Phi) is 3.79. The molecule has 1 aromatic carbocycles. The number of aromatic nitrogens is 4. The third-order valence-electron chi connectivity index (χ3n) is 3.26. The van der Waals surface area contributed by atoms with Crippen molar-refractivity contribution in [3.63, 3.8) is 0 Å². The molecule has 0 aliphatic heterocycles. The maximum Gasteiger partial charge on any atom is 0.144 e. The second-order valence-electron chi connectivity index (χ2n) is 4.80. The van der Waals surface area contributed by atoms with Gasteiger partial charge < -0.3 is 5.32 Å². The van der Waals surface area contributed by atoms with E-state index in [4.69, 9.17) is 5.26 Å². The van der Waals surface area contributed by atoms with Gasteiger partial charge in [-0.3, -0.25) is 0 Å². The Morgan fingerprint density at radius 1 is 1.18 bits per heavy atom. The van der Waals surface area contributed by atoms with Crippen LogP contribution in [0, 0.1) is 11.3 Å². The molecule has 0 saturated heterocycles. The quantitative estimate of drug-likeness (QED) is 0.799. The van der Waals surface area contributed by atoms with Crippen LogP contribution in [0.25, 0.3) is 5.69 Å². The van der Waals surface area contributed by atoms with Crippen molar-refractivity contribution in [2.24, 2.45) is 0 Å². The molecule has 0 saturated carbocycles. The fraction of sp³-hybridized carbons (Fsp3) is 0.125. The number of benzene rings is 1. The van der Waals surface area contributed by atoms with Crippen LogP contribution in [0.15, 0.2) is 54.9 Å². The number of hydrogen-bond donors (Lipinski definition) is 1. The van der Waals surface area contributed by atoms with E-state index >= 15 is 0 Å². The molecule has 0 aliphatic carbocycles. The lowest BCUT2D eigenvalue weighted by Crippen LogP contribution is -2.09. The van der Waals surface area contributed by atoms with Gasteiger partial charge in [-0.15, -0.1) is 5.10 Å². The van der Waals surface area contributed by atoms with Crippen molar-refractivity contribution in [3.8, 4) is 11.8 Å². The first-order chi connectivity index (χ1) is 10.8. The summed E-state index contributed by atoms with van der Waals surface area (Å²) in [6, 6.07) is 15.2. The summed E-state index contributed by atoms with van der Waals surface area (Å²) in [5.41, 5.74) is 2.23. The Morgan fingerprint density at radius 2 is 2.00 bits per heavy atom. The summed E-state index contributed by atoms with van der Waals surface area (Å²) in [6.07, 6.45) is 3.51. The summed E-state index contributed by atoms with van der Waals surface area (Å²) >= 11 is 0. The molecule has 6 heteroatoms. The standard InChI is InChI=1S/C16H14N6/c1-12(19-16-13(10-17)6-5-9-18-16)15-11-22(21-20-15)14-7-3-2-4-8-14/h2-9,11-12H,1H3,(H,18,19). The van der Waals surface area contributed by atoms with Crippen molar-refractivity contribution in [3.05, 3.63) is 66.1 Å². The zero-order valence-corrected chi connectivity index (χ0v) is 12.0. The van der Waals surface area contributed by atoms with Crippen LogP contribution in [0.5, 0.6) is 0 Å². The summed E-state index contributed by atoms with van der Waals surface area (Å²) in [5.74, 6) is 0.548. The zero-order valence-electron chi connectivity index (χ0n) is 12.0. The minimum atomic E-state index is -0.112. The van der Waals surface area contributed by atoms with E-state index in [0.29, 0.717) is 11.4 Å². The van der Waals surface area contributed by atoms with E-state index in [1.807, 2.05) is 43.5 Å². The van der Waals surface area contributed by atoms with Crippen molar-refractivity contribution in [2.75, 3.05) is 5.32 Å². The van der Waals surface area contributed by atoms with Gasteiger partial charge in [-0.05, 0) is 31.2 Å². The number of pyridine rings is 1. The molecule has 108 valence electrons. The maximum atomic E-state index is 9.09. The molecule has 1 atom stereocenters. The van der Waals surface area contributed by atoms with Gasteiger partial charge in [0.25, 0.3) is 0 Å². The molecule has 1 N–H and O–H groups in total. The molecular formula is C16H14N6. The van der Waals surface area contributed by atoms with E-state index in [1.165, 1.54) is 0 Å². The van der Waals surface area contributed by atoms with Gasteiger partial charge in [0.05, 0.1) is 23.5 Å². The molecule has 3 aromatic rings. The number of hydrogen-bond acceptors (Lipinski definition) is 5. The molecule has 0 aliphatic rings. The van der Waals surface area contributed by atoms with Gasteiger partial charge in [-0.1, -0.05) is 23.4 Å². The molecule has 0 fully saturated rings. The molecule has 22 heavy (non-hydrogen) atoms. The van der Waals surface area contributed by atoms with E-state index in [9.17, 15) is 0 Å². The zero-order chi connectivity index (χ0) is 15.4. The lowest BCUT2D eigenvalue weighted by Gasteiger charge is -2.12. The highest BCUT2D eigenvalue weighted by atomic mass is 15.4. The Morgan fingerprint density at radius 3 is 2.77 bits per heavy atom. The van der Waals surface area contributed by atoms with Crippen molar-refractivity contribution in [1.82, 2.24) is 20.0 Å². The fourth-order valence-electron chi connectivity index (χ4n) is 2.07. The molecule has 0 amide bonds. The molecule has 0 radical (unpaired) electrons. The highest BCUT2D eigenvalue weighted by Gasteiger charge is 2.13. The van der Waals surface area contributed by atoms with Crippen molar-refractivity contribution < 1.29 is 0 Å². The van der Waals surface area contributed by atoms with Crippen LogP contribution < -0.4 is 5.32 Å². The number of rotatable bonds is 4. The minimum Gasteiger partial charge on any atom is -0.361 e. The molecule has 2 aromatic heterocycles. The SMILES string of the molecule is CC(Nc1ncccc1C#N)c1cn(-c2ccccc2)nn1. The van der Waals surface area contributed by atoms with Crippen LogP contribution in [0.1, 0.15) is 24.2 Å². The molecule has 1 unspecified atom stereocenters. The summed E-state index contributed by atoms with van der Waals surface area (Å²) in [4.78, 5) is 4.19. The van der Waals surface area contributed by atoms with Crippen LogP contribution in [0.2, 0.25) is 0 Å². The third-order valence-corrected chi connectivity index (χ3v) is 3.26. The van der Waals surface area contributed by atoms with Crippen molar-refractivity contribution in [2.45, 2.75) is 13.0 Å². The van der Waals surface area contributed by atoms with Crippen LogP contribution in [0.4, 0.5) is 5.82 Å². The summed E-state index contributed by atoms with van der Waals surface area (Å²) < 4.78 is 1.72. The van der Waals surface area contributed by atoms with E-state index < -0.39 is 0 Å². The van der Waals surface area contributed by atoms with Crippen LogP contribution >= 0.6 is 0 Å². The molecule has 6 nitrogen and oxygen atoms in total. The smallest absolute Gasteiger partial charge is 0.144 e. The summed E-state index contributed by atoms with van der Waals surface area (Å²) in [5, 5.41) is 20.6. The topological polar surface area (TPSA) is 79.4 Å². The van der Waals surface area contributed by atoms with Gasteiger partial charge in [0, 0.05) is 6.20 Å². The first-order valence-electron chi connectivity index (χ1n) is 6.87. The lowest BCUT2D eigenvalue weighted by molar-refractivity contribution is 0.779. The largest absolute Gasteiger partial charge is 0.361 e. The predicted molar refractivity (Wildman–Crippen MR) is 82.3 cm³/mol. The van der Waals surface area contributed by atoms with Gasteiger partial charge in [-0.2, -0.15) is 5.26 Å². The molecule has 2 heterocycles. The van der Waals surface area contributed by atoms with E-state index in [0.717, 1.165) is 11.4 Å². The summed E-state index contributed by atoms with van der Waals surface area (Å²) in [7, 11) is 0. The molecule has 3 rings (SSSR count). The van der Waals surface area contributed by atoms with Gasteiger partial charge in [-0.25, -0.2) is 9.67 Å². The number of para-hydroxylation sites is 1. The Bertz CT molecular complexity index is 803. The maximum absolute atomic E-state index is 9.09. The van der Waals surface area contributed by atoms with Crippen molar-refractivity contribution >= 4 is 5.82 Å². The molecular weight excluding hydrogens is 276 g/mol. The number of nitrogens with zero attached hydrogens (tertiary/aromatic N) is 5. The Balaban J connectivity index is 1.80. The predicted octanol–water partition coefficient (Wildman–Crippen LogP) is 2.71. The van der Waals surface area contributed by atoms with Crippen molar-refractivity contribution in [1.29, 1.82) is 5.26 Å². The highest BCUT2D eigenvalue weighted by Crippen LogP contribution is 2.19. The second-order valence-corrected chi connectivity index (χ2v) is 4.80. The first-order valence-corrected chi connectivity index (χ1v) is 6.87.